The Balaban J connectivity index is 1.87. The van der Waals surface area contributed by atoms with E-state index in [4.69, 9.17) is 10.1 Å². The van der Waals surface area contributed by atoms with Crippen LogP contribution in [0, 0.1) is 17.0 Å². The van der Waals surface area contributed by atoms with Gasteiger partial charge in [-0.25, -0.2) is 8.78 Å². The van der Waals surface area contributed by atoms with E-state index in [-0.39, 0.29) is 29.3 Å². The zero-order valence-electron chi connectivity index (χ0n) is 14.3. The minimum absolute atomic E-state index is 0.0543. The number of rotatable bonds is 3. The largest absolute Gasteiger partial charge is 0.419 e. The number of benzene rings is 1. The summed E-state index contributed by atoms with van der Waals surface area (Å²) in [5, 5.41) is 8.38. The van der Waals surface area contributed by atoms with Gasteiger partial charge in [0.15, 0.2) is 11.6 Å². The number of anilines is 1. The molecule has 2 aromatic rings. The van der Waals surface area contributed by atoms with Crippen LogP contribution in [0.1, 0.15) is 21.6 Å². The van der Waals surface area contributed by atoms with E-state index in [0.717, 1.165) is 12.1 Å². The molecule has 1 aliphatic rings. The number of hydrazine groups is 1. The van der Waals surface area contributed by atoms with Gasteiger partial charge in [0.1, 0.15) is 0 Å². The summed E-state index contributed by atoms with van der Waals surface area (Å²) >= 11 is 0. The SMILES string of the molecule is CN=C(OC(=N)C(F)F)c1cnc2c(c1)C(=O)NN(c1ccc(F)c(F)c1)C2. The molecule has 7 nitrogen and oxygen atoms in total. The molecule has 2 heterocycles. The Labute approximate surface area is 156 Å². The Morgan fingerprint density at radius 3 is 2.71 bits per heavy atom. The van der Waals surface area contributed by atoms with E-state index in [0.29, 0.717) is 5.69 Å². The minimum Gasteiger partial charge on any atom is -0.419 e. The number of hydrogen-bond donors (Lipinski definition) is 2. The normalized spacial score (nSPS) is 14.0. The van der Waals surface area contributed by atoms with Crippen molar-refractivity contribution in [3.05, 3.63) is 58.9 Å². The molecule has 0 saturated carbocycles. The van der Waals surface area contributed by atoms with E-state index < -0.39 is 29.9 Å². The summed E-state index contributed by atoms with van der Waals surface area (Å²) in [6, 6.07) is 4.49. The summed E-state index contributed by atoms with van der Waals surface area (Å²) in [4.78, 5) is 20.2. The predicted molar refractivity (Wildman–Crippen MR) is 91.5 cm³/mol. The van der Waals surface area contributed by atoms with Gasteiger partial charge in [0.05, 0.1) is 29.1 Å². The van der Waals surface area contributed by atoms with Crippen LogP contribution < -0.4 is 10.4 Å². The maximum atomic E-state index is 13.4. The molecule has 0 radical (unpaired) electrons. The summed E-state index contributed by atoms with van der Waals surface area (Å²) < 4.78 is 56.2. The van der Waals surface area contributed by atoms with Gasteiger partial charge in [-0.3, -0.25) is 30.6 Å². The third kappa shape index (κ3) is 3.77. The number of aliphatic imine (C=N–C) groups is 1. The lowest BCUT2D eigenvalue weighted by atomic mass is 10.1. The fraction of sp³-hybridized carbons (Fsp3) is 0.176. The average Bonchev–Trinajstić information content (AvgIpc) is 2.67. The van der Waals surface area contributed by atoms with E-state index in [1.54, 1.807) is 0 Å². The number of ether oxygens (including phenoxy) is 1. The third-order valence-corrected chi connectivity index (χ3v) is 3.83. The second kappa shape index (κ2) is 7.62. The highest BCUT2D eigenvalue weighted by Gasteiger charge is 2.26. The molecule has 1 aromatic carbocycles. The second-order valence-corrected chi connectivity index (χ2v) is 5.64. The Morgan fingerprint density at radius 1 is 1.32 bits per heavy atom. The molecule has 0 fully saturated rings. The fourth-order valence-corrected chi connectivity index (χ4v) is 2.50. The Morgan fingerprint density at radius 2 is 2.07 bits per heavy atom. The van der Waals surface area contributed by atoms with Crippen LogP contribution in [0.15, 0.2) is 35.5 Å². The average molecular weight is 395 g/mol. The topological polar surface area (TPSA) is 90.7 Å². The van der Waals surface area contributed by atoms with Crippen LogP contribution in [-0.4, -0.2) is 36.2 Å². The van der Waals surface area contributed by atoms with Gasteiger partial charge >= 0.3 is 6.43 Å². The lowest BCUT2D eigenvalue weighted by Crippen LogP contribution is -2.46. The summed E-state index contributed by atoms with van der Waals surface area (Å²) in [7, 11) is 1.28. The van der Waals surface area contributed by atoms with Gasteiger partial charge in [-0.05, 0) is 18.2 Å². The molecule has 1 aliphatic heterocycles. The minimum atomic E-state index is -3.12. The van der Waals surface area contributed by atoms with Gasteiger partial charge in [-0.1, -0.05) is 0 Å². The number of amides is 1. The van der Waals surface area contributed by atoms with E-state index in [1.165, 1.54) is 30.4 Å². The molecule has 3 rings (SSSR count). The number of fused-ring (bicyclic) bond motifs is 1. The number of carbonyl (C=O) groups excluding carboxylic acids is 1. The number of aromatic nitrogens is 1. The molecule has 11 heteroatoms. The number of carbonyl (C=O) groups is 1. The monoisotopic (exact) mass is 395 g/mol. The zero-order valence-corrected chi connectivity index (χ0v) is 14.3. The van der Waals surface area contributed by atoms with Crippen LogP contribution in [0.2, 0.25) is 0 Å². The van der Waals surface area contributed by atoms with Crippen molar-refractivity contribution in [2.45, 2.75) is 13.0 Å². The van der Waals surface area contributed by atoms with Crippen molar-refractivity contribution >= 4 is 23.4 Å². The molecule has 1 aromatic heterocycles. The van der Waals surface area contributed by atoms with E-state index >= 15 is 0 Å². The summed E-state index contributed by atoms with van der Waals surface area (Å²) in [5.41, 5.74) is 3.29. The number of alkyl halides is 2. The zero-order chi connectivity index (χ0) is 20.4. The summed E-state index contributed by atoms with van der Waals surface area (Å²) in [6.07, 6.45) is -1.86. The molecule has 146 valence electrons. The molecule has 1 amide bonds. The van der Waals surface area contributed by atoms with E-state index in [2.05, 4.69) is 15.4 Å². The van der Waals surface area contributed by atoms with Crippen LogP contribution in [0.3, 0.4) is 0 Å². The van der Waals surface area contributed by atoms with Gasteiger partial charge < -0.3 is 4.74 Å². The standard InChI is InChI=1S/C17H13F4N5O2/c1-23-17(28-15(22)14(20)21)8-4-10-13(24-6-8)7-26(25-16(10)27)9-2-3-11(18)12(19)5-9/h2-6,14,22H,7H2,1H3,(H,25,27). The molecule has 2 N–H and O–H groups in total. The van der Waals surface area contributed by atoms with Crippen LogP contribution in [-0.2, 0) is 11.3 Å². The lowest BCUT2D eigenvalue weighted by Gasteiger charge is -2.30. The molecule has 0 spiro atoms. The van der Waals surface area contributed by atoms with Crippen LogP contribution in [0.25, 0.3) is 0 Å². The van der Waals surface area contributed by atoms with Crippen molar-refractivity contribution in [2.24, 2.45) is 4.99 Å². The number of hydrogen-bond acceptors (Lipinski definition) is 6. The van der Waals surface area contributed by atoms with Crippen molar-refractivity contribution in [3.8, 4) is 0 Å². The van der Waals surface area contributed by atoms with Crippen LogP contribution in [0.4, 0.5) is 23.2 Å². The third-order valence-electron chi connectivity index (χ3n) is 3.83. The maximum absolute atomic E-state index is 13.4. The van der Waals surface area contributed by atoms with Crippen molar-refractivity contribution in [1.29, 1.82) is 5.41 Å². The van der Waals surface area contributed by atoms with Gasteiger partial charge in [-0.2, -0.15) is 8.78 Å². The van der Waals surface area contributed by atoms with Crippen LogP contribution >= 0.6 is 0 Å². The number of halogens is 4. The molecule has 0 aliphatic carbocycles. The molecular weight excluding hydrogens is 382 g/mol. The summed E-state index contributed by atoms with van der Waals surface area (Å²) in [5.74, 6) is -4.26. The highest BCUT2D eigenvalue weighted by atomic mass is 19.3. The van der Waals surface area contributed by atoms with Crippen molar-refractivity contribution in [2.75, 3.05) is 12.1 Å². The smallest absolute Gasteiger partial charge is 0.312 e. The van der Waals surface area contributed by atoms with Gasteiger partial charge in [0.2, 0.25) is 5.90 Å². The molecule has 0 bridgehead atoms. The van der Waals surface area contributed by atoms with Crippen LogP contribution in [0.5, 0.6) is 0 Å². The first-order chi connectivity index (χ1) is 13.3. The number of pyridine rings is 1. The highest BCUT2D eigenvalue weighted by molar-refractivity contribution is 6.04. The van der Waals surface area contributed by atoms with Gasteiger partial charge in [0.25, 0.3) is 11.8 Å². The molecule has 0 unspecified atom stereocenters. The van der Waals surface area contributed by atoms with E-state index in [1.807, 2.05) is 0 Å². The highest BCUT2D eigenvalue weighted by Crippen LogP contribution is 2.23. The molecule has 0 saturated heterocycles. The predicted octanol–water partition coefficient (Wildman–Crippen LogP) is 2.66. The lowest BCUT2D eigenvalue weighted by molar-refractivity contribution is 0.0937. The van der Waals surface area contributed by atoms with Gasteiger partial charge in [0, 0.05) is 19.3 Å². The number of nitrogens with zero attached hydrogens (tertiary/aromatic N) is 3. The van der Waals surface area contributed by atoms with Crippen molar-refractivity contribution < 1.29 is 27.1 Å². The van der Waals surface area contributed by atoms with Crippen molar-refractivity contribution in [3.63, 3.8) is 0 Å². The van der Waals surface area contributed by atoms with Crippen molar-refractivity contribution in [1.82, 2.24) is 10.4 Å². The van der Waals surface area contributed by atoms with E-state index in [9.17, 15) is 22.4 Å². The fourth-order valence-electron chi connectivity index (χ4n) is 2.50. The maximum Gasteiger partial charge on any atom is 0.312 e. The quantitative estimate of drug-likeness (QED) is 0.475. The molecule has 0 atom stereocenters. The number of nitrogens with one attached hydrogen (secondary N) is 2. The first-order valence-electron chi connectivity index (χ1n) is 7.84. The Hall–Kier alpha value is -3.50. The Kier molecular flexibility index (Phi) is 5.25. The molecular formula is C17H13F4N5O2. The summed E-state index contributed by atoms with van der Waals surface area (Å²) in [6.45, 7) is 0.0543. The molecule has 28 heavy (non-hydrogen) atoms. The second-order valence-electron chi connectivity index (χ2n) is 5.64. The Bertz CT molecular complexity index is 980. The van der Waals surface area contributed by atoms with Gasteiger partial charge in [-0.15, -0.1) is 0 Å². The first-order valence-corrected chi connectivity index (χ1v) is 7.84. The first kappa shape index (κ1) is 19.3.